The summed E-state index contributed by atoms with van der Waals surface area (Å²) in [6.07, 6.45) is 3.18. The monoisotopic (exact) mass is 278 g/mol. The molecule has 1 atom stereocenters. The highest BCUT2D eigenvalue weighted by Gasteiger charge is 2.44. The molecule has 0 aliphatic heterocycles. The Bertz CT molecular complexity index is 401. The molecular formula is C13H15BrN2. The summed E-state index contributed by atoms with van der Waals surface area (Å²) in [6, 6.07) is 10.9. The van der Waals surface area contributed by atoms with Crippen LogP contribution in [0.15, 0.2) is 28.7 Å². The third-order valence-corrected chi connectivity index (χ3v) is 4.04. The number of nitrogens with one attached hydrogen (secondary N) is 1. The number of halogens is 1. The van der Waals surface area contributed by atoms with Crippen LogP contribution >= 0.6 is 15.9 Å². The quantitative estimate of drug-likeness (QED) is 0.920. The summed E-state index contributed by atoms with van der Waals surface area (Å²) in [7, 11) is 1.93. The maximum Gasteiger partial charge on any atom is 0.0768 e. The summed E-state index contributed by atoms with van der Waals surface area (Å²) < 4.78 is 1.07. The van der Waals surface area contributed by atoms with Gasteiger partial charge in [-0.25, -0.2) is 0 Å². The minimum absolute atomic E-state index is 0.152. The van der Waals surface area contributed by atoms with Crippen LogP contribution in [0.5, 0.6) is 0 Å². The Balaban J connectivity index is 2.29. The van der Waals surface area contributed by atoms with Crippen molar-refractivity contribution in [2.75, 3.05) is 7.05 Å². The van der Waals surface area contributed by atoms with Crippen LogP contribution in [0.3, 0.4) is 0 Å². The zero-order chi connectivity index (χ0) is 11.6. The average Bonchev–Trinajstić information content (AvgIpc) is 2.25. The second-order valence-electron chi connectivity index (χ2n) is 4.39. The Kier molecular flexibility index (Phi) is 3.32. The van der Waals surface area contributed by atoms with Crippen molar-refractivity contribution in [2.45, 2.75) is 25.3 Å². The van der Waals surface area contributed by atoms with Crippen molar-refractivity contribution >= 4 is 15.9 Å². The van der Waals surface area contributed by atoms with Gasteiger partial charge >= 0.3 is 0 Å². The smallest absolute Gasteiger partial charge is 0.0768 e. The molecule has 0 radical (unpaired) electrons. The lowest BCUT2D eigenvalue weighted by molar-refractivity contribution is 0.149. The molecule has 84 valence electrons. The first-order valence-corrected chi connectivity index (χ1v) is 6.35. The molecule has 1 unspecified atom stereocenters. The average molecular weight is 279 g/mol. The number of nitriles is 1. The number of nitrogens with zero attached hydrogens (tertiary/aromatic N) is 1. The van der Waals surface area contributed by atoms with E-state index >= 15 is 0 Å². The van der Waals surface area contributed by atoms with E-state index in [1.165, 1.54) is 12.0 Å². The van der Waals surface area contributed by atoms with E-state index < -0.39 is 0 Å². The first kappa shape index (κ1) is 11.6. The number of hydrogen-bond donors (Lipinski definition) is 1. The molecule has 1 aromatic rings. The summed E-state index contributed by atoms with van der Waals surface area (Å²) in [5, 5.41) is 12.6. The summed E-state index contributed by atoms with van der Waals surface area (Å²) in [5.41, 5.74) is 1.01. The van der Waals surface area contributed by atoms with Crippen molar-refractivity contribution in [3.8, 4) is 6.07 Å². The first-order chi connectivity index (χ1) is 7.72. The van der Waals surface area contributed by atoms with Gasteiger partial charge in [0, 0.05) is 4.47 Å². The topological polar surface area (TPSA) is 35.8 Å². The van der Waals surface area contributed by atoms with Crippen LogP contribution in [0.4, 0.5) is 0 Å². The Labute approximate surface area is 105 Å². The van der Waals surface area contributed by atoms with Gasteiger partial charge in [-0.15, -0.1) is 0 Å². The molecule has 1 saturated carbocycles. The second-order valence-corrected chi connectivity index (χ2v) is 5.31. The Hall–Kier alpha value is -0.850. The third-order valence-electron chi connectivity index (χ3n) is 3.51. The van der Waals surface area contributed by atoms with Gasteiger partial charge in [0.1, 0.15) is 0 Å². The zero-order valence-electron chi connectivity index (χ0n) is 9.33. The third kappa shape index (κ3) is 1.88. The normalized spacial score (nSPS) is 19.6. The molecule has 0 amide bonds. The maximum absolute atomic E-state index is 9.35. The summed E-state index contributed by atoms with van der Waals surface area (Å²) in [5.74, 6) is 0. The summed E-state index contributed by atoms with van der Waals surface area (Å²) in [4.78, 5) is 0. The number of benzene rings is 1. The van der Waals surface area contributed by atoms with Crippen molar-refractivity contribution in [1.29, 1.82) is 5.26 Å². The van der Waals surface area contributed by atoms with Crippen LogP contribution in [0.25, 0.3) is 0 Å². The van der Waals surface area contributed by atoms with E-state index in [9.17, 15) is 5.26 Å². The molecule has 0 saturated heterocycles. The molecule has 1 fully saturated rings. The highest BCUT2D eigenvalue weighted by atomic mass is 79.9. The van der Waals surface area contributed by atoms with Gasteiger partial charge in [-0.1, -0.05) is 34.5 Å². The van der Waals surface area contributed by atoms with Crippen LogP contribution in [0, 0.1) is 16.7 Å². The lowest BCUT2D eigenvalue weighted by Crippen LogP contribution is -2.40. The predicted octanol–water partition coefficient (Wildman–Crippen LogP) is 3.40. The fraction of sp³-hybridized carbons (Fsp3) is 0.462. The Morgan fingerprint density at radius 1 is 1.38 bits per heavy atom. The minimum Gasteiger partial charge on any atom is -0.312 e. The summed E-state index contributed by atoms with van der Waals surface area (Å²) >= 11 is 3.43. The zero-order valence-corrected chi connectivity index (χ0v) is 10.9. The lowest BCUT2D eigenvalue weighted by Gasteiger charge is -2.42. The molecule has 1 aliphatic rings. The van der Waals surface area contributed by atoms with Gasteiger partial charge in [0.15, 0.2) is 0 Å². The van der Waals surface area contributed by atoms with Crippen LogP contribution in [0.1, 0.15) is 30.9 Å². The molecule has 3 heteroatoms. The minimum atomic E-state index is -0.192. The van der Waals surface area contributed by atoms with E-state index in [4.69, 9.17) is 0 Å². The number of hydrogen-bond acceptors (Lipinski definition) is 2. The molecule has 2 nitrogen and oxygen atoms in total. The van der Waals surface area contributed by atoms with Gasteiger partial charge < -0.3 is 5.32 Å². The van der Waals surface area contributed by atoms with Gasteiger partial charge in [0.05, 0.1) is 17.5 Å². The van der Waals surface area contributed by atoms with Crippen molar-refractivity contribution in [1.82, 2.24) is 5.32 Å². The standard InChI is InChI=1S/C13H15BrN2/c1-16-12(13(9-15)7-2-8-13)10-3-5-11(14)6-4-10/h3-6,12,16H,2,7-8H2,1H3. The Morgan fingerprint density at radius 3 is 2.38 bits per heavy atom. The van der Waals surface area contributed by atoms with Gasteiger partial charge in [-0.3, -0.25) is 0 Å². The van der Waals surface area contributed by atoms with Crippen LogP contribution in [0.2, 0.25) is 0 Å². The van der Waals surface area contributed by atoms with Gasteiger partial charge in [0.25, 0.3) is 0 Å². The Morgan fingerprint density at radius 2 is 2.00 bits per heavy atom. The lowest BCUT2D eigenvalue weighted by atomic mass is 9.63. The number of rotatable bonds is 3. The van der Waals surface area contributed by atoms with E-state index in [1.54, 1.807) is 0 Å². The fourth-order valence-electron chi connectivity index (χ4n) is 2.44. The molecule has 0 heterocycles. The predicted molar refractivity (Wildman–Crippen MR) is 67.8 cm³/mol. The molecule has 1 aromatic carbocycles. The molecule has 1 N–H and O–H groups in total. The van der Waals surface area contributed by atoms with Crippen molar-refractivity contribution < 1.29 is 0 Å². The molecule has 0 spiro atoms. The second kappa shape index (κ2) is 4.57. The van der Waals surface area contributed by atoms with Crippen molar-refractivity contribution in [3.05, 3.63) is 34.3 Å². The van der Waals surface area contributed by atoms with Gasteiger partial charge in [-0.2, -0.15) is 5.26 Å². The van der Waals surface area contributed by atoms with Gasteiger partial charge in [0.2, 0.25) is 0 Å². The molecule has 0 aromatic heterocycles. The summed E-state index contributed by atoms with van der Waals surface area (Å²) in [6.45, 7) is 0. The SMILES string of the molecule is CNC(c1ccc(Br)cc1)C1(C#N)CCC1. The molecule has 0 bridgehead atoms. The van der Waals surface area contributed by atoms with Crippen molar-refractivity contribution in [3.63, 3.8) is 0 Å². The molecule has 1 aliphatic carbocycles. The van der Waals surface area contributed by atoms with Crippen LogP contribution in [-0.2, 0) is 0 Å². The van der Waals surface area contributed by atoms with Crippen LogP contribution < -0.4 is 5.32 Å². The van der Waals surface area contributed by atoms with E-state index in [0.29, 0.717) is 0 Å². The van der Waals surface area contributed by atoms with E-state index in [1.807, 2.05) is 19.2 Å². The van der Waals surface area contributed by atoms with E-state index in [0.717, 1.165) is 17.3 Å². The largest absolute Gasteiger partial charge is 0.312 e. The first-order valence-electron chi connectivity index (χ1n) is 5.56. The van der Waals surface area contributed by atoms with Crippen molar-refractivity contribution in [2.24, 2.45) is 5.41 Å². The molecular weight excluding hydrogens is 264 g/mol. The maximum atomic E-state index is 9.35. The highest BCUT2D eigenvalue weighted by Crippen LogP contribution is 2.49. The fourth-order valence-corrected chi connectivity index (χ4v) is 2.70. The molecule has 16 heavy (non-hydrogen) atoms. The van der Waals surface area contributed by atoms with Gasteiger partial charge in [-0.05, 0) is 37.6 Å². The van der Waals surface area contributed by atoms with E-state index in [-0.39, 0.29) is 11.5 Å². The van der Waals surface area contributed by atoms with Crippen LogP contribution in [-0.4, -0.2) is 7.05 Å². The van der Waals surface area contributed by atoms with E-state index in [2.05, 4.69) is 39.4 Å². The highest BCUT2D eigenvalue weighted by molar-refractivity contribution is 9.10. The molecule has 2 rings (SSSR count).